The first kappa shape index (κ1) is 15.7. The van der Waals surface area contributed by atoms with Crippen LogP contribution in [0.3, 0.4) is 0 Å². The molecule has 120 valence electrons. The fourth-order valence-electron chi connectivity index (χ4n) is 2.36. The quantitative estimate of drug-likeness (QED) is 0.846. The summed E-state index contributed by atoms with van der Waals surface area (Å²) >= 11 is 5.86. The Hall–Kier alpha value is -2.20. The van der Waals surface area contributed by atoms with Crippen molar-refractivity contribution in [2.45, 2.75) is 24.9 Å². The van der Waals surface area contributed by atoms with Crippen molar-refractivity contribution in [3.05, 3.63) is 34.7 Å². The van der Waals surface area contributed by atoms with Crippen molar-refractivity contribution in [2.24, 2.45) is 7.05 Å². The number of rotatable bonds is 4. The third-order valence-corrected chi connectivity index (χ3v) is 4.10. The van der Waals surface area contributed by atoms with E-state index in [1.165, 1.54) is 16.9 Å². The van der Waals surface area contributed by atoms with Gasteiger partial charge in [-0.2, -0.15) is 10.4 Å². The lowest BCUT2D eigenvalue weighted by Gasteiger charge is -2.20. The Morgan fingerprint density at radius 3 is 2.65 bits per heavy atom. The number of aromatic nitrogens is 2. The van der Waals surface area contributed by atoms with Gasteiger partial charge in [0.25, 0.3) is 6.43 Å². The molecule has 4 nitrogen and oxygen atoms in total. The van der Waals surface area contributed by atoms with E-state index in [1.54, 1.807) is 7.05 Å². The van der Waals surface area contributed by atoms with Crippen molar-refractivity contribution in [1.82, 2.24) is 9.78 Å². The van der Waals surface area contributed by atoms with Crippen LogP contribution in [0, 0.1) is 17.1 Å². The van der Waals surface area contributed by atoms with Crippen molar-refractivity contribution in [3.63, 3.8) is 0 Å². The fraction of sp³-hybridized carbons (Fsp3) is 0.333. The van der Waals surface area contributed by atoms with Crippen molar-refractivity contribution in [1.29, 1.82) is 5.26 Å². The smallest absolute Gasteiger partial charge is 0.277 e. The first-order valence-electron chi connectivity index (χ1n) is 6.77. The first-order valence-corrected chi connectivity index (χ1v) is 7.15. The summed E-state index contributed by atoms with van der Waals surface area (Å²) < 4.78 is 47.3. The van der Waals surface area contributed by atoms with E-state index in [2.05, 4.69) is 5.10 Å². The highest BCUT2D eigenvalue weighted by Gasteiger charge is 2.54. The van der Waals surface area contributed by atoms with Crippen molar-refractivity contribution in [3.8, 4) is 23.1 Å². The van der Waals surface area contributed by atoms with Gasteiger partial charge in [-0.3, -0.25) is 4.68 Å². The van der Waals surface area contributed by atoms with Gasteiger partial charge in [0, 0.05) is 19.3 Å². The van der Waals surface area contributed by atoms with Crippen molar-refractivity contribution in [2.75, 3.05) is 0 Å². The number of aryl methyl sites for hydroxylation is 1. The van der Waals surface area contributed by atoms with Gasteiger partial charge < -0.3 is 4.74 Å². The van der Waals surface area contributed by atoms with Gasteiger partial charge in [-0.15, -0.1) is 0 Å². The van der Waals surface area contributed by atoms with Gasteiger partial charge in [-0.1, -0.05) is 11.6 Å². The number of nitrogens with zero attached hydrogens (tertiary/aromatic N) is 3. The summed E-state index contributed by atoms with van der Waals surface area (Å²) in [6, 6.07) is 4.39. The highest BCUT2D eigenvalue weighted by molar-refractivity contribution is 6.31. The molecule has 1 aromatic carbocycles. The second-order valence-electron chi connectivity index (χ2n) is 5.34. The molecule has 23 heavy (non-hydrogen) atoms. The SMILES string of the molecule is Cn1nccc1-c1c(F)c(Cl)cc(OC2(C(F)F)CC2)c1C#N. The van der Waals surface area contributed by atoms with Crippen LogP contribution in [0.2, 0.25) is 5.02 Å². The molecule has 1 aromatic heterocycles. The van der Waals surface area contributed by atoms with E-state index < -0.39 is 17.8 Å². The average Bonchev–Trinajstić information content (AvgIpc) is 3.17. The van der Waals surface area contributed by atoms with E-state index in [4.69, 9.17) is 16.3 Å². The minimum atomic E-state index is -2.70. The van der Waals surface area contributed by atoms with Gasteiger partial charge in [-0.05, 0) is 18.9 Å². The van der Waals surface area contributed by atoms with Crippen LogP contribution in [-0.4, -0.2) is 21.8 Å². The van der Waals surface area contributed by atoms with E-state index in [0.29, 0.717) is 5.69 Å². The summed E-state index contributed by atoms with van der Waals surface area (Å²) in [4.78, 5) is 0. The van der Waals surface area contributed by atoms with E-state index in [0.717, 1.165) is 6.07 Å². The molecule has 1 fully saturated rings. The number of halogens is 4. The molecule has 0 atom stereocenters. The summed E-state index contributed by atoms with van der Waals surface area (Å²) in [6.45, 7) is 0. The van der Waals surface area contributed by atoms with Gasteiger partial charge >= 0.3 is 0 Å². The molecule has 0 spiro atoms. The van der Waals surface area contributed by atoms with Crippen LogP contribution in [0.1, 0.15) is 18.4 Å². The van der Waals surface area contributed by atoms with Gasteiger partial charge in [0.1, 0.15) is 17.4 Å². The molecule has 0 aliphatic heterocycles. The second kappa shape index (κ2) is 5.46. The van der Waals surface area contributed by atoms with Crippen LogP contribution < -0.4 is 4.74 Å². The molecule has 0 bridgehead atoms. The molecule has 0 N–H and O–H groups in total. The molecule has 1 heterocycles. The predicted octanol–water partition coefficient (Wildman–Crippen LogP) is 3.93. The lowest BCUT2D eigenvalue weighted by Crippen LogP contribution is -2.28. The van der Waals surface area contributed by atoms with Crippen LogP contribution in [0.15, 0.2) is 18.3 Å². The zero-order valence-electron chi connectivity index (χ0n) is 12.0. The summed E-state index contributed by atoms with van der Waals surface area (Å²) in [5.74, 6) is -0.964. The van der Waals surface area contributed by atoms with Crippen LogP contribution in [0.4, 0.5) is 13.2 Å². The molecule has 0 unspecified atom stereocenters. The highest BCUT2D eigenvalue weighted by atomic mass is 35.5. The minimum Gasteiger partial charge on any atom is -0.480 e. The van der Waals surface area contributed by atoms with Crippen LogP contribution >= 0.6 is 11.6 Å². The molecule has 8 heteroatoms. The molecule has 2 aromatic rings. The number of nitriles is 1. The molecule has 0 amide bonds. The van der Waals surface area contributed by atoms with E-state index in [1.807, 2.05) is 6.07 Å². The molecular weight excluding hydrogens is 331 g/mol. The molecule has 1 aliphatic carbocycles. The summed E-state index contributed by atoms with van der Waals surface area (Å²) in [6.07, 6.45) is -0.922. The summed E-state index contributed by atoms with van der Waals surface area (Å²) in [7, 11) is 1.57. The first-order chi connectivity index (χ1) is 10.9. The van der Waals surface area contributed by atoms with Crippen molar-refractivity contribution >= 4 is 11.6 Å². The number of benzene rings is 1. The maximum Gasteiger partial charge on any atom is 0.277 e. The lowest BCUT2D eigenvalue weighted by atomic mass is 10.0. The van der Waals surface area contributed by atoms with E-state index >= 15 is 0 Å². The number of alkyl halides is 2. The summed E-state index contributed by atoms with van der Waals surface area (Å²) in [5.41, 5.74) is -1.60. The average molecular weight is 342 g/mol. The Labute approximate surface area is 135 Å². The van der Waals surface area contributed by atoms with Gasteiger partial charge in [0.2, 0.25) is 0 Å². The second-order valence-corrected chi connectivity index (χ2v) is 5.75. The number of hydrogen-bond donors (Lipinski definition) is 0. The van der Waals surface area contributed by atoms with E-state index in [9.17, 15) is 18.4 Å². The maximum absolute atomic E-state index is 14.5. The number of hydrogen-bond acceptors (Lipinski definition) is 3. The Balaban J connectivity index is 2.17. The number of ether oxygens (including phenoxy) is 1. The van der Waals surface area contributed by atoms with Crippen molar-refractivity contribution < 1.29 is 17.9 Å². The topological polar surface area (TPSA) is 50.8 Å². The Bertz CT molecular complexity index is 809. The molecule has 0 saturated heterocycles. The normalized spacial score (nSPS) is 15.5. The van der Waals surface area contributed by atoms with Gasteiger partial charge in [-0.25, -0.2) is 13.2 Å². The zero-order chi connectivity index (χ0) is 16.8. The lowest BCUT2D eigenvalue weighted by molar-refractivity contribution is -0.00711. The Morgan fingerprint density at radius 2 is 2.17 bits per heavy atom. The Kier molecular flexibility index (Phi) is 3.72. The molecule has 1 aliphatic rings. The molecule has 0 radical (unpaired) electrons. The summed E-state index contributed by atoms with van der Waals surface area (Å²) in [5, 5.41) is 13.0. The fourth-order valence-corrected chi connectivity index (χ4v) is 2.55. The monoisotopic (exact) mass is 341 g/mol. The van der Waals surface area contributed by atoms with Crippen LogP contribution in [-0.2, 0) is 7.05 Å². The minimum absolute atomic E-state index is 0.111. The zero-order valence-corrected chi connectivity index (χ0v) is 12.7. The third kappa shape index (κ3) is 2.53. The van der Waals surface area contributed by atoms with Gasteiger partial charge in [0.05, 0.1) is 16.3 Å². The molecular formula is C15H11ClF3N3O. The predicted molar refractivity (Wildman–Crippen MR) is 76.9 cm³/mol. The molecule has 1 saturated carbocycles. The highest BCUT2D eigenvalue weighted by Crippen LogP contribution is 2.47. The third-order valence-electron chi connectivity index (χ3n) is 3.83. The molecule has 3 rings (SSSR count). The largest absolute Gasteiger partial charge is 0.480 e. The maximum atomic E-state index is 14.5. The van der Waals surface area contributed by atoms with Crippen LogP contribution in [0.25, 0.3) is 11.3 Å². The van der Waals surface area contributed by atoms with E-state index in [-0.39, 0.29) is 34.7 Å². The van der Waals surface area contributed by atoms with Crippen LogP contribution in [0.5, 0.6) is 5.75 Å². The van der Waals surface area contributed by atoms with Gasteiger partial charge in [0.15, 0.2) is 11.4 Å². The Morgan fingerprint density at radius 1 is 1.48 bits per heavy atom. The standard InChI is InChI=1S/C15H11ClF3N3O/c1-22-10(2-5-21-22)12-8(7-20)11(6-9(16)13(12)17)23-15(3-4-15)14(18)19/h2,5-6,14H,3-4H2,1H3.